The van der Waals surface area contributed by atoms with Gasteiger partial charge in [-0.15, -0.1) is 0 Å². The van der Waals surface area contributed by atoms with E-state index in [-0.39, 0.29) is 37.8 Å². The largest absolute Gasteiger partial charge is 0.457 e. The van der Waals surface area contributed by atoms with Crippen LogP contribution in [0.5, 0.6) is 0 Å². The van der Waals surface area contributed by atoms with Gasteiger partial charge in [0.1, 0.15) is 6.10 Å². The number of rotatable bonds is 17. The number of hydrogen-bond acceptors (Lipinski definition) is 5. The van der Waals surface area contributed by atoms with E-state index in [1.54, 1.807) is 0 Å². The van der Waals surface area contributed by atoms with Crippen molar-refractivity contribution in [1.29, 1.82) is 0 Å². The molecule has 28 heavy (non-hydrogen) atoms. The summed E-state index contributed by atoms with van der Waals surface area (Å²) < 4.78 is 10.5. The second-order valence-electron chi connectivity index (χ2n) is 7.20. The maximum Gasteiger partial charge on any atom is 0.306 e. The molecule has 0 aromatic rings. The Labute approximate surface area is 170 Å². The van der Waals surface area contributed by atoms with E-state index in [0.29, 0.717) is 6.42 Å². The summed E-state index contributed by atoms with van der Waals surface area (Å²) in [7, 11) is 0. The van der Waals surface area contributed by atoms with E-state index >= 15 is 0 Å². The average Bonchev–Trinajstić information content (AvgIpc) is 3.45. The van der Waals surface area contributed by atoms with E-state index in [1.807, 2.05) is 0 Å². The summed E-state index contributed by atoms with van der Waals surface area (Å²) >= 11 is 0. The molecule has 1 aliphatic heterocycles. The molecule has 5 nitrogen and oxygen atoms in total. The van der Waals surface area contributed by atoms with Crippen LogP contribution in [0.3, 0.4) is 0 Å². The van der Waals surface area contributed by atoms with Crippen LogP contribution in [0.25, 0.3) is 0 Å². The number of ether oxygens (including phenoxy) is 2. The standard InChI is InChI=1S/C23H38O5/c1-2-3-4-5-6-7-8-9-10-11-12-13-15-21-22(28-21)16-14-17-23(26)27-20(18-24)19-25/h6-7,9-10,12-13,20-22,24-25H,2-5,8,11,14-19H2,1H3/b7-6-,10-9-,13-12-. The number of hydrogen-bond donors (Lipinski definition) is 2. The van der Waals surface area contributed by atoms with Gasteiger partial charge in [0.15, 0.2) is 0 Å². The molecule has 0 aromatic heterocycles. The number of aliphatic hydroxyl groups excluding tert-OH is 2. The number of allylic oxidation sites excluding steroid dienone is 5. The van der Waals surface area contributed by atoms with Crippen molar-refractivity contribution in [2.45, 2.75) is 89.4 Å². The van der Waals surface area contributed by atoms with E-state index in [9.17, 15) is 4.79 Å². The Kier molecular flexibility index (Phi) is 14.5. The van der Waals surface area contributed by atoms with E-state index in [4.69, 9.17) is 19.7 Å². The zero-order valence-electron chi connectivity index (χ0n) is 17.3. The van der Waals surface area contributed by atoms with Crippen LogP contribution in [0, 0.1) is 0 Å². The second kappa shape index (κ2) is 16.5. The molecular weight excluding hydrogens is 356 g/mol. The average molecular weight is 395 g/mol. The highest BCUT2D eigenvalue weighted by atomic mass is 16.6. The normalized spacial score (nSPS) is 19.4. The molecule has 0 aromatic carbocycles. The lowest BCUT2D eigenvalue weighted by atomic mass is 10.1. The van der Waals surface area contributed by atoms with Crippen LogP contribution in [0.1, 0.15) is 71.1 Å². The second-order valence-corrected chi connectivity index (χ2v) is 7.20. The Hall–Kier alpha value is -1.43. The number of aliphatic hydroxyl groups is 2. The van der Waals surface area contributed by atoms with E-state index < -0.39 is 6.10 Å². The van der Waals surface area contributed by atoms with E-state index in [0.717, 1.165) is 25.7 Å². The lowest BCUT2D eigenvalue weighted by Crippen LogP contribution is -2.25. The molecule has 0 radical (unpaired) electrons. The fourth-order valence-electron chi connectivity index (χ4n) is 2.87. The monoisotopic (exact) mass is 394 g/mol. The van der Waals surface area contributed by atoms with Gasteiger partial charge in [-0.2, -0.15) is 0 Å². The molecule has 2 N–H and O–H groups in total. The first-order chi connectivity index (χ1) is 13.7. The van der Waals surface area contributed by atoms with Crippen LogP contribution in [0.2, 0.25) is 0 Å². The quantitative estimate of drug-likeness (QED) is 0.167. The highest BCUT2D eigenvalue weighted by Crippen LogP contribution is 2.30. The molecule has 2 atom stereocenters. The van der Waals surface area contributed by atoms with Crippen LogP contribution in [-0.4, -0.2) is 47.7 Å². The molecule has 1 fully saturated rings. The van der Waals surface area contributed by atoms with Crippen LogP contribution < -0.4 is 0 Å². The van der Waals surface area contributed by atoms with Gasteiger partial charge < -0.3 is 19.7 Å². The van der Waals surface area contributed by atoms with Crippen molar-refractivity contribution >= 4 is 5.97 Å². The van der Waals surface area contributed by atoms with Crippen LogP contribution >= 0.6 is 0 Å². The first-order valence-corrected chi connectivity index (χ1v) is 10.7. The minimum absolute atomic E-state index is 0.234. The van der Waals surface area contributed by atoms with Crippen molar-refractivity contribution in [3.05, 3.63) is 36.5 Å². The van der Waals surface area contributed by atoms with Crippen molar-refractivity contribution in [3.8, 4) is 0 Å². The number of epoxide rings is 1. The molecule has 0 saturated carbocycles. The smallest absolute Gasteiger partial charge is 0.306 e. The van der Waals surface area contributed by atoms with Gasteiger partial charge in [-0.25, -0.2) is 0 Å². The van der Waals surface area contributed by atoms with Crippen LogP contribution in [-0.2, 0) is 14.3 Å². The Bertz CT molecular complexity index is 479. The molecule has 0 spiro atoms. The fraction of sp³-hybridized carbons (Fsp3) is 0.696. The molecule has 1 rings (SSSR count). The highest BCUT2D eigenvalue weighted by molar-refractivity contribution is 5.69. The summed E-state index contributed by atoms with van der Waals surface area (Å²) in [6.07, 6.45) is 22.7. The minimum Gasteiger partial charge on any atom is -0.457 e. The topological polar surface area (TPSA) is 79.3 Å². The Morgan fingerprint density at radius 1 is 0.964 bits per heavy atom. The van der Waals surface area contributed by atoms with Crippen molar-refractivity contribution in [2.24, 2.45) is 0 Å². The number of carbonyl (C=O) groups is 1. The van der Waals surface area contributed by atoms with Gasteiger partial charge in [0.05, 0.1) is 25.4 Å². The SMILES string of the molecule is CCCCC/C=C\C/C=C\C/C=C\CC1OC1CCCC(=O)OC(CO)CO. The molecule has 160 valence electrons. The van der Waals surface area contributed by atoms with E-state index in [1.165, 1.54) is 25.7 Å². The molecule has 1 heterocycles. The van der Waals surface area contributed by atoms with Crippen molar-refractivity contribution in [1.82, 2.24) is 0 Å². The summed E-state index contributed by atoms with van der Waals surface area (Å²) in [6, 6.07) is 0. The molecule has 0 aliphatic carbocycles. The third kappa shape index (κ3) is 12.9. The number of esters is 1. The third-order valence-corrected chi connectivity index (χ3v) is 4.65. The molecule has 1 saturated heterocycles. The predicted octanol–water partition coefficient (Wildman–Crippen LogP) is 4.24. The molecule has 0 amide bonds. The summed E-state index contributed by atoms with van der Waals surface area (Å²) in [5.74, 6) is -0.382. The number of carbonyl (C=O) groups excluding carboxylic acids is 1. The fourth-order valence-corrected chi connectivity index (χ4v) is 2.87. The zero-order valence-corrected chi connectivity index (χ0v) is 17.3. The van der Waals surface area contributed by atoms with Gasteiger partial charge in [-0.3, -0.25) is 4.79 Å². The Morgan fingerprint density at radius 3 is 2.32 bits per heavy atom. The van der Waals surface area contributed by atoms with Crippen LogP contribution in [0.4, 0.5) is 0 Å². The molecule has 5 heteroatoms. The third-order valence-electron chi connectivity index (χ3n) is 4.65. The van der Waals surface area contributed by atoms with Gasteiger partial charge in [0.25, 0.3) is 0 Å². The van der Waals surface area contributed by atoms with Crippen molar-refractivity contribution < 1.29 is 24.5 Å². The predicted molar refractivity (Wildman–Crippen MR) is 112 cm³/mol. The lowest BCUT2D eigenvalue weighted by molar-refractivity contribution is -0.153. The maximum atomic E-state index is 11.5. The maximum absolute atomic E-state index is 11.5. The Morgan fingerprint density at radius 2 is 1.64 bits per heavy atom. The van der Waals surface area contributed by atoms with Gasteiger partial charge >= 0.3 is 5.97 Å². The van der Waals surface area contributed by atoms with Gasteiger partial charge in [-0.1, -0.05) is 56.2 Å². The molecular formula is C23H38O5. The van der Waals surface area contributed by atoms with Crippen molar-refractivity contribution in [2.75, 3.05) is 13.2 Å². The van der Waals surface area contributed by atoms with E-state index in [2.05, 4.69) is 43.4 Å². The molecule has 1 aliphatic rings. The Balaban J connectivity index is 1.96. The molecule has 2 unspecified atom stereocenters. The highest BCUT2D eigenvalue weighted by Gasteiger charge is 2.36. The minimum atomic E-state index is -0.807. The first-order valence-electron chi connectivity index (χ1n) is 10.7. The first kappa shape index (κ1) is 24.6. The summed E-state index contributed by atoms with van der Waals surface area (Å²) in [5, 5.41) is 17.7. The van der Waals surface area contributed by atoms with Gasteiger partial charge in [0, 0.05) is 6.42 Å². The lowest BCUT2D eigenvalue weighted by Gasteiger charge is -2.12. The van der Waals surface area contributed by atoms with Crippen molar-refractivity contribution in [3.63, 3.8) is 0 Å². The summed E-state index contributed by atoms with van der Waals surface area (Å²) in [4.78, 5) is 11.5. The molecule has 0 bridgehead atoms. The van der Waals surface area contributed by atoms with Gasteiger partial charge in [0.2, 0.25) is 0 Å². The summed E-state index contributed by atoms with van der Waals surface area (Å²) in [6.45, 7) is 1.52. The zero-order chi connectivity index (χ0) is 20.5. The summed E-state index contributed by atoms with van der Waals surface area (Å²) in [5.41, 5.74) is 0. The van der Waals surface area contributed by atoms with Crippen LogP contribution in [0.15, 0.2) is 36.5 Å². The van der Waals surface area contributed by atoms with Gasteiger partial charge in [-0.05, 0) is 44.9 Å². The number of unbranched alkanes of at least 4 members (excludes halogenated alkanes) is 3.